The van der Waals surface area contributed by atoms with Crippen LogP contribution in [0.1, 0.15) is 29.2 Å². The van der Waals surface area contributed by atoms with Crippen LogP contribution in [0.4, 0.5) is 4.39 Å². The van der Waals surface area contributed by atoms with E-state index in [0.29, 0.717) is 32.8 Å². The Hall–Kier alpha value is -2.77. The SMILES string of the molecule is Cc1ccc(CN2CC(C(=O)NCC(c3cccc(F)c3)N3CCOCC3)CC2=O)cc1. The molecule has 2 saturated heterocycles. The number of amides is 2. The normalized spacial score (nSPS) is 20.4. The Labute approximate surface area is 188 Å². The number of halogens is 1. The Balaban J connectivity index is 1.37. The highest BCUT2D eigenvalue weighted by Crippen LogP contribution is 2.24. The van der Waals surface area contributed by atoms with Gasteiger partial charge in [-0.15, -0.1) is 0 Å². The molecule has 6 nitrogen and oxygen atoms in total. The van der Waals surface area contributed by atoms with Crippen molar-refractivity contribution in [1.82, 2.24) is 15.1 Å². The van der Waals surface area contributed by atoms with E-state index in [9.17, 15) is 14.0 Å². The topological polar surface area (TPSA) is 61.9 Å². The number of ether oxygens (including phenoxy) is 1. The van der Waals surface area contributed by atoms with Gasteiger partial charge in [-0.1, -0.05) is 42.0 Å². The molecular formula is C25H30FN3O3. The maximum atomic E-state index is 13.9. The molecule has 1 N–H and O–H groups in total. The number of aryl methyl sites for hydroxylation is 1. The van der Waals surface area contributed by atoms with Gasteiger partial charge >= 0.3 is 0 Å². The highest BCUT2D eigenvalue weighted by molar-refractivity contribution is 5.89. The third-order valence-corrected chi connectivity index (χ3v) is 6.27. The predicted molar refractivity (Wildman–Crippen MR) is 119 cm³/mol. The van der Waals surface area contributed by atoms with Gasteiger partial charge in [-0.05, 0) is 30.2 Å². The molecule has 2 heterocycles. The van der Waals surface area contributed by atoms with Crippen LogP contribution in [0.25, 0.3) is 0 Å². The van der Waals surface area contributed by atoms with Gasteiger partial charge in [0.05, 0.1) is 25.2 Å². The number of carbonyl (C=O) groups excluding carboxylic acids is 2. The first-order chi connectivity index (χ1) is 15.5. The van der Waals surface area contributed by atoms with Crippen molar-refractivity contribution in [2.45, 2.75) is 25.9 Å². The summed E-state index contributed by atoms with van der Waals surface area (Å²) in [5, 5.41) is 3.03. The maximum Gasteiger partial charge on any atom is 0.225 e. The Kier molecular flexibility index (Phi) is 7.17. The maximum absolute atomic E-state index is 13.9. The average Bonchev–Trinajstić information content (AvgIpc) is 3.16. The van der Waals surface area contributed by atoms with E-state index in [0.717, 1.165) is 24.2 Å². The summed E-state index contributed by atoms with van der Waals surface area (Å²) in [4.78, 5) is 29.4. The van der Waals surface area contributed by atoms with Crippen molar-refractivity contribution < 1.29 is 18.7 Å². The van der Waals surface area contributed by atoms with Crippen LogP contribution in [0.3, 0.4) is 0 Å². The van der Waals surface area contributed by atoms with E-state index < -0.39 is 0 Å². The highest BCUT2D eigenvalue weighted by atomic mass is 19.1. The molecule has 0 aromatic heterocycles. The minimum Gasteiger partial charge on any atom is -0.379 e. The van der Waals surface area contributed by atoms with Crippen LogP contribution < -0.4 is 5.32 Å². The summed E-state index contributed by atoms with van der Waals surface area (Å²) in [6.45, 7) is 6.01. The van der Waals surface area contributed by atoms with Crippen LogP contribution in [-0.4, -0.2) is 61.0 Å². The lowest BCUT2D eigenvalue weighted by atomic mass is 10.0. The summed E-state index contributed by atoms with van der Waals surface area (Å²) in [6, 6.07) is 14.5. The zero-order chi connectivity index (χ0) is 22.5. The molecule has 170 valence electrons. The number of carbonyl (C=O) groups is 2. The second kappa shape index (κ2) is 10.2. The van der Waals surface area contributed by atoms with E-state index >= 15 is 0 Å². The minimum atomic E-state index is -0.370. The Morgan fingerprint density at radius 1 is 1.19 bits per heavy atom. The molecule has 0 saturated carbocycles. The smallest absolute Gasteiger partial charge is 0.225 e. The number of rotatable bonds is 7. The molecule has 2 amide bonds. The molecule has 4 rings (SSSR count). The molecule has 2 aromatic rings. The van der Waals surface area contributed by atoms with Gasteiger partial charge < -0.3 is 15.0 Å². The van der Waals surface area contributed by atoms with Crippen molar-refractivity contribution in [3.63, 3.8) is 0 Å². The van der Waals surface area contributed by atoms with Crippen molar-refractivity contribution in [3.8, 4) is 0 Å². The van der Waals surface area contributed by atoms with Gasteiger partial charge in [0.1, 0.15) is 5.82 Å². The summed E-state index contributed by atoms with van der Waals surface area (Å²) in [5.41, 5.74) is 3.06. The third-order valence-electron chi connectivity index (χ3n) is 6.27. The van der Waals surface area contributed by atoms with Crippen LogP contribution >= 0.6 is 0 Å². The molecule has 0 radical (unpaired) electrons. The van der Waals surface area contributed by atoms with Gasteiger partial charge in [0.2, 0.25) is 11.8 Å². The van der Waals surface area contributed by atoms with Crippen LogP contribution in [0.15, 0.2) is 48.5 Å². The lowest BCUT2D eigenvalue weighted by Gasteiger charge is -2.35. The van der Waals surface area contributed by atoms with Gasteiger partial charge in [0, 0.05) is 39.1 Å². The molecule has 2 aromatic carbocycles. The first-order valence-electron chi connectivity index (χ1n) is 11.2. The van der Waals surface area contributed by atoms with Crippen LogP contribution in [0.5, 0.6) is 0 Å². The van der Waals surface area contributed by atoms with Gasteiger partial charge in [0.25, 0.3) is 0 Å². The number of nitrogens with zero attached hydrogens (tertiary/aromatic N) is 2. The molecule has 2 unspecified atom stereocenters. The highest BCUT2D eigenvalue weighted by Gasteiger charge is 2.34. The molecule has 2 atom stereocenters. The molecule has 0 spiro atoms. The molecular weight excluding hydrogens is 409 g/mol. The Bertz CT molecular complexity index is 944. The Morgan fingerprint density at radius 3 is 2.66 bits per heavy atom. The monoisotopic (exact) mass is 439 g/mol. The van der Waals surface area contributed by atoms with Crippen molar-refractivity contribution in [1.29, 1.82) is 0 Å². The predicted octanol–water partition coefficient (Wildman–Crippen LogP) is 2.67. The fourth-order valence-electron chi connectivity index (χ4n) is 4.42. The van der Waals surface area contributed by atoms with Gasteiger partial charge in [-0.25, -0.2) is 4.39 Å². The number of hydrogen-bond acceptors (Lipinski definition) is 4. The van der Waals surface area contributed by atoms with Crippen LogP contribution in [0, 0.1) is 18.7 Å². The van der Waals surface area contributed by atoms with E-state index in [1.54, 1.807) is 11.0 Å². The molecule has 0 aliphatic carbocycles. The van der Waals surface area contributed by atoms with Crippen molar-refractivity contribution in [2.75, 3.05) is 39.4 Å². The lowest BCUT2D eigenvalue weighted by molar-refractivity contribution is -0.129. The van der Waals surface area contributed by atoms with Crippen LogP contribution in [-0.2, 0) is 20.9 Å². The van der Waals surface area contributed by atoms with Crippen molar-refractivity contribution >= 4 is 11.8 Å². The number of nitrogens with one attached hydrogen (secondary N) is 1. The van der Waals surface area contributed by atoms with E-state index in [1.807, 2.05) is 37.3 Å². The van der Waals surface area contributed by atoms with Gasteiger partial charge in [-0.2, -0.15) is 0 Å². The van der Waals surface area contributed by atoms with Gasteiger partial charge in [-0.3, -0.25) is 14.5 Å². The fourth-order valence-corrected chi connectivity index (χ4v) is 4.42. The first-order valence-corrected chi connectivity index (χ1v) is 11.2. The number of morpholine rings is 1. The minimum absolute atomic E-state index is 0.000541. The summed E-state index contributed by atoms with van der Waals surface area (Å²) >= 11 is 0. The zero-order valence-corrected chi connectivity index (χ0v) is 18.4. The molecule has 7 heteroatoms. The molecule has 2 aliphatic rings. The molecule has 2 aliphatic heterocycles. The summed E-state index contributed by atoms with van der Waals surface area (Å²) in [5.74, 6) is -0.786. The number of likely N-dealkylation sites (tertiary alicyclic amines) is 1. The standard InChI is InChI=1S/C25H30FN3O3/c1-18-5-7-19(8-6-18)16-29-17-21(14-24(29)30)25(31)27-15-23(28-9-11-32-12-10-28)20-3-2-4-22(26)13-20/h2-8,13,21,23H,9-12,14-17H2,1H3,(H,27,31). The second-order valence-corrected chi connectivity index (χ2v) is 8.63. The first kappa shape index (κ1) is 22.4. The average molecular weight is 440 g/mol. The van der Waals surface area contributed by atoms with Crippen molar-refractivity contribution in [2.24, 2.45) is 5.92 Å². The van der Waals surface area contributed by atoms with Gasteiger partial charge in [0.15, 0.2) is 0 Å². The fraction of sp³-hybridized carbons (Fsp3) is 0.440. The number of benzene rings is 2. The largest absolute Gasteiger partial charge is 0.379 e. The van der Waals surface area contributed by atoms with E-state index in [1.165, 1.54) is 17.7 Å². The summed E-state index contributed by atoms with van der Waals surface area (Å²) < 4.78 is 19.3. The molecule has 32 heavy (non-hydrogen) atoms. The van der Waals surface area contributed by atoms with E-state index in [-0.39, 0.29) is 36.0 Å². The van der Waals surface area contributed by atoms with Crippen LogP contribution in [0.2, 0.25) is 0 Å². The second-order valence-electron chi connectivity index (χ2n) is 8.63. The lowest BCUT2D eigenvalue weighted by Crippen LogP contribution is -2.45. The van der Waals surface area contributed by atoms with E-state index in [2.05, 4.69) is 10.2 Å². The third kappa shape index (κ3) is 5.53. The summed E-state index contributed by atoms with van der Waals surface area (Å²) in [6.07, 6.45) is 0.222. The molecule has 0 bridgehead atoms. The summed E-state index contributed by atoms with van der Waals surface area (Å²) in [7, 11) is 0. The molecule has 2 fully saturated rings. The van der Waals surface area contributed by atoms with E-state index in [4.69, 9.17) is 4.74 Å². The number of hydrogen-bond donors (Lipinski definition) is 1. The quantitative estimate of drug-likeness (QED) is 0.721. The zero-order valence-electron chi connectivity index (χ0n) is 18.4. The van der Waals surface area contributed by atoms with Crippen molar-refractivity contribution in [3.05, 3.63) is 71.0 Å². The Morgan fingerprint density at radius 2 is 1.94 bits per heavy atom.